The number of nitrogens with zero attached hydrogens (tertiary/aromatic N) is 2. The van der Waals surface area contributed by atoms with Crippen LogP contribution in [0, 0.1) is 6.92 Å². The second kappa shape index (κ2) is 6.18. The molecule has 0 saturated carbocycles. The summed E-state index contributed by atoms with van der Waals surface area (Å²) in [6.07, 6.45) is 4.31. The Morgan fingerprint density at radius 1 is 1.20 bits per heavy atom. The number of pyridine rings is 1. The molecule has 4 heteroatoms. The largest absolute Gasteiger partial charge is 1.00 e. The Kier molecular flexibility index (Phi) is 4.75. The van der Waals surface area contributed by atoms with Crippen LogP contribution in [0.25, 0.3) is 6.08 Å². The average Bonchev–Trinajstić information content (AvgIpc) is 2.70. The van der Waals surface area contributed by atoms with E-state index in [1.54, 1.807) is 0 Å². The average molecular weight is 396 g/mol. The Hall–Kier alpha value is -1.01. The molecule has 1 aromatic carbocycles. The van der Waals surface area contributed by atoms with E-state index < -0.39 is 0 Å². The number of aryl methyl sites for hydroxylation is 2. The van der Waals surface area contributed by atoms with Gasteiger partial charge in [0, 0.05) is 30.2 Å². The molecule has 1 aliphatic rings. The highest BCUT2D eigenvalue weighted by Crippen LogP contribution is 2.45. The lowest BCUT2D eigenvalue weighted by Gasteiger charge is -2.13. The van der Waals surface area contributed by atoms with Crippen LogP contribution in [0.15, 0.2) is 52.5 Å². The van der Waals surface area contributed by atoms with Crippen LogP contribution in [0.4, 0.5) is 5.69 Å². The topological polar surface area (TPSA) is 7.12 Å². The van der Waals surface area contributed by atoms with Crippen molar-refractivity contribution in [1.29, 1.82) is 0 Å². The van der Waals surface area contributed by atoms with Gasteiger partial charge in [-0.3, -0.25) is 0 Å². The number of hydrogen-bond acceptors (Lipinski definition) is 2. The fraction of sp³-hybridized carbons (Fsp3) is 0.188. The summed E-state index contributed by atoms with van der Waals surface area (Å²) in [7, 11) is 4.20. The van der Waals surface area contributed by atoms with Crippen molar-refractivity contribution in [2.24, 2.45) is 7.05 Å². The maximum atomic E-state index is 2.26. The number of benzene rings is 1. The zero-order valence-electron chi connectivity index (χ0n) is 11.8. The number of thioether (sulfide) groups is 1. The molecule has 0 spiro atoms. The summed E-state index contributed by atoms with van der Waals surface area (Å²) in [5, 5.41) is 1.27. The molecule has 1 aliphatic heterocycles. The predicted octanol–water partition coefficient (Wildman–Crippen LogP) is 0.364. The van der Waals surface area contributed by atoms with Crippen molar-refractivity contribution >= 4 is 23.5 Å². The first kappa shape index (κ1) is 15.4. The van der Waals surface area contributed by atoms with Crippen LogP contribution >= 0.6 is 11.8 Å². The van der Waals surface area contributed by atoms with Crippen molar-refractivity contribution in [3.63, 3.8) is 0 Å². The quantitative estimate of drug-likeness (QED) is 0.508. The second-order valence-corrected chi connectivity index (χ2v) is 5.91. The zero-order valence-corrected chi connectivity index (χ0v) is 14.8. The Bertz CT molecular complexity index is 667. The molecular weight excluding hydrogens is 379 g/mol. The highest BCUT2D eigenvalue weighted by molar-refractivity contribution is 8.03. The van der Waals surface area contributed by atoms with Gasteiger partial charge in [-0.15, -0.1) is 0 Å². The Morgan fingerprint density at radius 3 is 2.75 bits per heavy atom. The van der Waals surface area contributed by atoms with Crippen LogP contribution in [0.3, 0.4) is 0 Å². The maximum absolute atomic E-state index is 2.26. The maximum Gasteiger partial charge on any atom is 0.207 e. The summed E-state index contributed by atoms with van der Waals surface area (Å²) in [6, 6.07) is 12.9. The lowest BCUT2D eigenvalue weighted by molar-refractivity contribution is -0.673. The van der Waals surface area contributed by atoms with Gasteiger partial charge in [-0.2, -0.15) is 0 Å². The van der Waals surface area contributed by atoms with E-state index in [4.69, 9.17) is 0 Å². The molecule has 0 bridgehead atoms. The molecule has 0 amide bonds. The molecule has 104 valence electrons. The molecule has 2 aromatic rings. The molecule has 1 aromatic heterocycles. The third kappa shape index (κ3) is 2.86. The summed E-state index contributed by atoms with van der Waals surface area (Å²) in [6.45, 7) is 2.14. The minimum Gasteiger partial charge on any atom is -1.00 e. The number of anilines is 1. The molecule has 0 fully saturated rings. The molecule has 20 heavy (non-hydrogen) atoms. The molecule has 2 heterocycles. The van der Waals surface area contributed by atoms with Crippen LogP contribution in [0.5, 0.6) is 0 Å². The van der Waals surface area contributed by atoms with E-state index in [9.17, 15) is 0 Å². The Morgan fingerprint density at radius 2 is 2.00 bits per heavy atom. The molecule has 2 nitrogen and oxygen atoms in total. The Labute approximate surface area is 141 Å². The third-order valence-corrected chi connectivity index (χ3v) is 4.55. The van der Waals surface area contributed by atoms with Crippen molar-refractivity contribution in [1.82, 2.24) is 0 Å². The summed E-state index contributed by atoms with van der Waals surface area (Å²) in [5.41, 5.74) is 3.81. The molecule has 0 radical (unpaired) electrons. The third-order valence-electron chi connectivity index (χ3n) is 3.39. The normalized spacial score (nSPS) is 15.2. The lowest BCUT2D eigenvalue weighted by Crippen LogP contribution is -3.00. The lowest BCUT2D eigenvalue weighted by atomic mass is 10.2. The van der Waals surface area contributed by atoms with Gasteiger partial charge in [-0.05, 0) is 30.7 Å². The van der Waals surface area contributed by atoms with Crippen LogP contribution in [0.2, 0.25) is 0 Å². The van der Waals surface area contributed by atoms with E-state index in [1.807, 2.05) is 17.8 Å². The molecule has 0 unspecified atom stereocenters. The first-order valence-corrected chi connectivity index (χ1v) is 7.15. The molecular formula is C16H17IN2S. The number of hydrogen-bond donors (Lipinski definition) is 0. The minimum absolute atomic E-state index is 0. The highest BCUT2D eigenvalue weighted by atomic mass is 127. The van der Waals surface area contributed by atoms with Gasteiger partial charge in [0.15, 0.2) is 6.20 Å². The first-order valence-electron chi connectivity index (χ1n) is 6.34. The van der Waals surface area contributed by atoms with Crippen molar-refractivity contribution in [3.8, 4) is 0 Å². The molecule has 0 saturated heterocycles. The first-order chi connectivity index (χ1) is 9.15. The summed E-state index contributed by atoms with van der Waals surface area (Å²) < 4.78 is 2.13. The summed E-state index contributed by atoms with van der Waals surface area (Å²) in [4.78, 5) is 3.60. The monoisotopic (exact) mass is 396 g/mol. The molecule has 3 rings (SSSR count). The standard InChI is InChI=1S/C16H17N2S.HI/c1-12-7-8-15-14(10-12)18(3)16(19-15)11-13-6-4-5-9-17(13)2;/h4-11H,1-3H3;1H/q+1;/p-1. The Balaban J connectivity index is 0.00000147. The van der Waals surface area contributed by atoms with Gasteiger partial charge < -0.3 is 28.9 Å². The molecule has 0 N–H and O–H groups in total. The van der Waals surface area contributed by atoms with Crippen LogP contribution in [0.1, 0.15) is 11.3 Å². The van der Waals surface area contributed by atoms with Crippen molar-refractivity contribution in [2.75, 3.05) is 11.9 Å². The zero-order chi connectivity index (χ0) is 13.4. The van der Waals surface area contributed by atoms with Crippen LogP contribution in [-0.4, -0.2) is 7.05 Å². The number of aromatic nitrogens is 1. The summed E-state index contributed by atoms with van der Waals surface area (Å²) >= 11 is 1.83. The smallest absolute Gasteiger partial charge is 0.207 e. The van der Waals surface area contributed by atoms with Crippen LogP contribution in [-0.2, 0) is 7.05 Å². The van der Waals surface area contributed by atoms with E-state index in [1.165, 1.54) is 26.9 Å². The SMILES string of the molecule is Cc1ccc2c(c1)N(C)/C(=C/c1cccc[n+]1C)S2.[I-]. The molecule has 0 atom stereocenters. The number of halogens is 1. The van der Waals surface area contributed by atoms with Crippen molar-refractivity contribution < 1.29 is 28.5 Å². The van der Waals surface area contributed by atoms with Crippen molar-refractivity contribution in [3.05, 3.63) is 58.9 Å². The van der Waals surface area contributed by atoms with Gasteiger partial charge >= 0.3 is 0 Å². The molecule has 0 aliphatic carbocycles. The van der Waals surface area contributed by atoms with Gasteiger partial charge in [0.1, 0.15) is 7.05 Å². The van der Waals surface area contributed by atoms with Crippen LogP contribution < -0.4 is 33.4 Å². The summed E-state index contributed by atoms with van der Waals surface area (Å²) in [5.74, 6) is 0. The van der Waals surface area contributed by atoms with E-state index in [-0.39, 0.29) is 24.0 Å². The van der Waals surface area contributed by atoms with E-state index in [0.29, 0.717) is 0 Å². The van der Waals surface area contributed by atoms with E-state index in [2.05, 4.69) is 73.1 Å². The number of rotatable bonds is 1. The fourth-order valence-corrected chi connectivity index (χ4v) is 3.29. The predicted molar refractivity (Wildman–Crippen MR) is 81.0 cm³/mol. The van der Waals surface area contributed by atoms with E-state index >= 15 is 0 Å². The fourth-order valence-electron chi connectivity index (χ4n) is 2.21. The number of fused-ring (bicyclic) bond motifs is 1. The van der Waals surface area contributed by atoms with Crippen molar-refractivity contribution in [2.45, 2.75) is 11.8 Å². The van der Waals surface area contributed by atoms with Gasteiger partial charge in [-0.25, -0.2) is 4.57 Å². The second-order valence-electron chi connectivity index (χ2n) is 4.85. The van der Waals surface area contributed by atoms with Gasteiger partial charge in [0.2, 0.25) is 5.69 Å². The minimum atomic E-state index is 0. The van der Waals surface area contributed by atoms with E-state index in [0.717, 1.165) is 0 Å². The van der Waals surface area contributed by atoms with Gasteiger partial charge in [-0.1, -0.05) is 17.8 Å². The highest BCUT2D eigenvalue weighted by Gasteiger charge is 2.22. The van der Waals surface area contributed by atoms with Gasteiger partial charge in [0.05, 0.1) is 10.7 Å². The van der Waals surface area contributed by atoms with Gasteiger partial charge in [0.25, 0.3) is 0 Å².